The van der Waals surface area contributed by atoms with Crippen molar-refractivity contribution < 1.29 is 9.53 Å². The second-order valence-electron chi connectivity index (χ2n) is 6.17. The average molecular weight is 284 g/mol. The second-order valence-corrected chi connectivity index (χ2v) is 6.17. The van der Waals surface area contributed by atoms with Crippen LogP contribution in [-0.4, -0.2) is 48.7 Å². The fourth-order valence-electron chi connectivity index (χ4n) is 2.88. The van der Waals surface area contributed by atoms with Crippen molar-refractivity contribution in [3.63, 3.8) is 0 Å². The Labute approximate surface area is 124 Å². The molecule has 0 aliphatic heterocycles. The number of esters is 1. The summed E-state index contributed by atoms with van der Waals surface area (Å²) in [4.78, 5) is 14.7. The van der Waals surface area contributed by atoms with Crippen molar-refractivity contribution in [1.82, 2.24) is 10.2 Å². The van der Waals surface area contributed by atoms with Gasteiger partial charge >= 0.3 is 5.97 Å². The second kappa shape index (κ2) is 7.99. The lowest BCUT2D eigenvalue weighted by atomic mass is 9.92. The van der Waals surface area contributed by atoms with Gasteiger partial charge < -0.3 is 15.0 Å². The van der Waals surface area contributed by atoms with Gasteiger partial charge in [-0.3, -0.25) is 4.79 Å². The molecule has 1 fully saturated rings. The highest BCUT2D eigenvalue weighted by atomic mass is 16.5. The molecular weight excluding hydrogens is 252 g/mol. The van der Waals surface area contributed by atoms with Gasteiger partial charge in [-0.1, -0.05) is 13.8 Å². The van der Waals surface area contributed by atoms with E-state index < -0.39 is 5.54 Å². The number of nitrogens with zero attached hydrogens (tertiary/aromatic N) is 1. The smallest absolute Gasteiger partial charge is 0.326 e. The van der Waals surface area contributed by atoms with Gasteiger partial charge in [-0.25, -0.2) is 0 Å². The SMILES string of the molecule is CCNC(C)(CC(C)N(CC)CC1CC1)C(=O)OCC. The van der Waals surface area contributed by atoms with Gasteiger partial charge in [0.15, 0.2) is 0 Å². The topological polar surface area (TPSA) is 41.6 Å². The van der Waals surface area contributed by atoms with Gasteiger partial charge in [0.25, 0.3) is 0 Å². The normalized spacial score (nSPS) is 19.7. The Kier molecular flexibility index (Phi) is 6.96. The molecule has 4 heteroatoms. The monoisotopic (exact) mass is 284 g/mol. The molecule has 1 N–H and O–H groups in total. The van der Waals surface area contributed by atoms with Crippen LogP contribution in [0.25, 0.3) is 0 Å². The Bertz CT molecular complexity index is 305. The summed E-state index contributed by atoms with van der Waals surface area (Å²) < 4.78 is 5.25. The molecule has 4 nitrogen and oxygen atoms in total. The zero-order valence-corrected chi connectivity index (χ0v) is 13.9. The van der Waals surface area contributed by atoms with E-state index in [4.69, 9.17) is 4.74 Å². The molecule has 0 amide bonds. The summed E-state index contributed by atoms with van der Waals surface area (Å²) in [6, 6.07) is 0.383. The Hall–Kier alpha value is -0.610. The number of nitrogens with one attached hydrogen (secondary N) is 1. The summed E-state index contributed by atoms with van der Waals surface area (Å²) in [5, 5.41) is 3.32. The quantitative estimate of drug-likeness (QED) is 0.626. The van der Waals surface area contributed by atoms with Crippen LogP contribution in [0.3, 0.4) is 0 Å². The minimum atomic E-state index is -0.582. The van der Waals surface area contributed by atoms with E-state index in [1.807, 2.05) is 20.8 Å². The molecule has 118 valence electrons. The first-order valence-electron chi connectivity index (χ1n) is 8.13. The van der Waals surface area contributed by atoms with Crippen molar-refractivity contribution >= 4 is 5.97 Å². The van der Waals surface area contributed by atoms with E-state index in [1.165, 1.54) is 19.4 Å². The Balaban J connectivity index is 2.63. The molecule has 1 aliphatic rings. The molecule has 1 rings (SSSR count). The lowest BCUT2D eigenvalue weighted by Crippen LogP contribution is -2.54. The molecule has 1 aliphatic carbocycles. The molecule has 0 aromatic heterocycles. The fourth-order valence-corrected chi connectivity index (χ4v) is 2.88. The van der Waals surface area contributed by atoms with Gasteiger partial charge in [0, 0.05) is 12.6 Å². The van der Waals surface area contributed by atoms with Crippen LogP contribution in [0, 0.1) is 5.92 Å². The third-order valence-corrected chi connectivity index (χ3v) is 4.22. The van der Waals surface area contributed by atoms with E-state index >= 15 is 0 Å². The Morgan fingerprint density at radius 2 is 2.05 bits per heavy atom. The number of hydrogen-bond acceptors (Lipinski definition) is 4. The predicted molar refractivity (Wildman–Crippen MR) is 82.8 cm³/mol. The van der Waals surface area contributed by atoms with Crippen LogP contribution in [0.2, 0.25) is 0 Å². The lowest BCUT2D eigenvalue weighted by Gasteiger charge is -2.35. The molecule has 0 heterocycles. The molecule has 0 saturated heterocycles. The van der Waals surface area contributed by atoms with Crippen LogP contribution < -0.4 is 5.32 Å². The van der Waals surface area contributed by atoms with Gasteiger partial charge in [-0.2, -0.15) is 0 Å². The molecule has 1 saturated carbocycles. The number of likely N-dealkylation sites (N-methyl/N-ethyl adjacent to an activating group) is 1. The molecule has 2 atom stereocenters. The van der Waals surface area contributed by atoms with Crippen LogP contribution in [0.1, 0.15) is 53.9 Å². The predicted octanol–water partition coefficient (Wildman–Crippen LogP) is 2.43. The zero-order chi connectivity index (χ0) is 15.2. The van der Waals surface area contributed by atoms with E-state index in [0.717, 1.165) is 25.4 Å². The number of rotatable bonds is 10. The fraction of sp³-hybridized carbons (Fsp3) is 0.938. The van der Waals surface area contributed by atoms with E-state index in [-0.39, 0.29) is 5.97 Å². The van der Waals surface area contributed by atoms with Crippen molar-refractivity contribution in [3.8, 4) is 0 Å². The number of carbonyl (C=O) groups excluding carboxylic acids is 1. The van der Waals surface area contributed by atoms with Crippen LogP contribution >= 0.6 is 0 Å². The van der Waals surface area contributed by atoms with E-state index in [2.05, 4.69) is 24.1 Å². The van der Waals surface area contributed by atoms with Gasteiger partial charge in [0.05, 0.1) is 6.61 Å². The van der Waals surface area contributed by atoms with Crippen LogP contribution in [-0.2, 0) is 9.53 Å². The van der Waals surface area contributed by atoms with Crippen molar-refractivity contribution in [3.05, 3.63) is 0 Å². The van der Waals surface area contributed by atoms with Crippen LogP contribution in [0.5, 0.6) is 0 Å². The molecule has 0 radical (unpaired) electrons. The average Bonchev–Trinajstić information content (AvgIpc) is 3.20. The maximum absolute atomic E-state index is 12.2. The number of ether oxygens (including phenoxy) is 1. The minimum absolute atomic E-state index is 0.129. The summed E-state index contributed by atoms with van der Waals surface area (Å²) in [7, 11) is 0. The summed E-state index contributed by atoms with van der Waals surface area (Å²) in [6.45, 7) is 13.7. The maximum Gasteiger partial charge on any atom is 0.326 e. The highest BCUT2D eigenvalue weighted by molar-refractivity contribution is 5.80. The van der Waals surface area contributed by atoms with Crippen LogP contribution in [0.15, 0.2) is 0 Å². The van der Waals surface area contributed by atoms with Gasteiger partial charge in [-0.15, -0.1) is 0 Å². The summed E-state index contributed by atoms with van der Waals surface area (Å²) in [5.41, 5.74) is -0.582. The molecule has 0 aromatic rings. The molecule has 0 spiro atoms. The largest absolute Gasteiger partial charge is 0.465 e. The minimum Gasteiger partial charge on any atom is -0.465 e. The maximum atomic E-state index is 12.2. The van der Waals surface area contributed by atoms with Crippen molar-refractivity contribution in [2.75, 3.05) is 26.2 Å². The first-order valence-corrected chi connectivity index (χ1v) is 8.13. The Morgan fingerprint density at radius 3 is 2.50 bits per heavy atom. The highest BCUT2D eigenvalue weighted by Crippen LogP contribution is 2.31. The summed E-state index contributed by atoms with van der Waals surface area (Å²) in [5.74, 6) is 0.751. The van der Waals surface area contributed by atoms with Crippen molar-refractivity contribution in [2.24, 2.45) is 5.92 Å². The third kappa shape index (κ3) is 5.06. The zero-order valence-electron chi connectivity index (χ0n) is 13.9. The number of carbonyl (C=O) groups is 1. The molecule has 0 aromatic carbocycles. The van der Waals surface area contributed by atoms with E-state index in [9.17, 15) is 4.79 Å². The van der Waals surface area contributed by atoms with Crippen molar-refractivity contribution in [1.29, 1.82) is 0 Å². The highest BCUT2D eigenvalue weighted by Gasteiger charge is 2.37. The Morgan fingerprint density at radius 1 is 1.40 bits per heavy atom. The number of hydrogen-bond donors (Lipinski definition) is 1. The van der Waals surface area contributed by atoms with E-state index in [1.54, 1.807) is 0 Å². The molecule has 0 bridgehead atoms. The lowest BCUT2D eigenvalue weighted by molar-refractivity contribution is -0.151. The van der Waals surface area contributed by atoms with E-state index in [0.29, 0.717) is 12.6 Å². The molecular formula is C16H32N2O2. The standard InChI is InChI=1S/C16H32N2O2/c1-6-17-16(5,15(19)20-8-3)11-13(4)18(7-2)12-14-9-10-14/h13-14,17H,6-12H2,1-5H3. The third-order valence-electron chi connectivity index (χ3n) is 4.22. The van der Waals surface area contributed by atoms with Gasteiger partial charge in [0.1, 0.15) is 5.54 Å². The molecule has 20 heavy (non-hydrogen) atoms. The van der Waals surface area contributed by atoms with Crippen LogP contribution in [0.4, 0.5) is 0 Å². The molecule has 2 unspecified atom stereocenters. The first-order chi connectivity index (χ1) is 9.46. The summed E-state index contributed by atoms with van der Waals surface area (Å²) >= 11 is 0. The van der Waals surface area contributed by atoms with Gasteiger partial charge in [0.2, 0.25) is 0 Å². The first kappa shape index (κ1) is 17.4. The van der Waals surface area contributed by atoms with Gasteiger partial charge in [-0.05, 0) is 59.0 Å². The summed E-state index contributed by atoms with van der Waals surface area (Å²) in [6.07, 6.45) is 3.53. The van der Waals surface area contributed by atoms with Crippen molar-refractivity contribution in [2.45, 2.75) is 65.5 Å².